The molecule has 0 amide bonds. The summed E-state index contributed by atoms with van der Waals surface area (Å²) in [5, 5.41) is 0.604. The molecule has 0 aliphatic heterocycles. The highest BCUT2D eigenvalue weighted by Crippen LogP contribution is 2.34. The van der Waals surface area contributed by atoms with E-state index in [1.54, 1.807) is 12.1 Å². The summed E-state index contributed by atoms with van der Waals surface area (Å²) in [6, 6.07) is 3.12. The third kappa shape index (κ3) is 3.51. The molecule has 0 heterocycles. The first-order chi connectivity index (χ1) is 8.11. The Bertz CT molecular complexity index is 405. The van der Waals surface area contributed by atoms with E-state index in [0.29, 0.717) is 11.6 Å². The van der Waals surface area contributed by atoms with Crippen LogP contribution in [0.15, 0.2) is 12.1 Å². The molecule has 0 saturated carbocycles. The van der Waals surface area contributed by atoms with Crippen molar-refractivity contribution in [2.75, 3.05) is 13.7 Å². The van der Waals surface area contributed by atoms with Crippen LogP contribution in [-0.4, -0.2) is 19.7 Å². The van der Waals surface area contributed by atoms with Gasteiger partial charge in [-0.15, -0.1) is 0 Å². The van der Waals surface area contributed by atoms with Crippen molar-refractivity contribution < 1.29 is 14.3 Å². The zero-order chi connectivity index (χ0) is 12.8. The fourth-order valence-corrected chi connectivity index (χ4v) is 1.76. The molecular formula is C12H14Cl2O3. The number of benzene rings is 1. The molecule has 0 unspecified atom stereocenters. The Morgan fingerprint density at radius 3 is 2.53 bits per heavy atom. The highest BCUT2D eigenvalue weighted by atomic mass is 35.5. The van der Waals surface area contributed by atoms with Gasteiger partial charge in [0.25, 0.3) is 0 Å². The van der Waals surface area contributed by atoms with Gasteiger partial charge in [-0.3, -0.25) is 0 Å². The lowest BCUT2D eigenvalue weighted by atomic mass is 10.2. The summed E-state index contributed by atoms with van der Waals surface area (Å²) in [6.07, 6.45) is 1.76. The summed E-state index contributed by atoms with van der Waals surface area (Å²) < 4.78 is 10.2. The molecule has 0 saturated heterocycles. The molecule has 0 radical (unpaired) electrons. The van der Waals surface area contributed by atoms with E-state index in [2.05, 4.69) is 0 Å². The smallest absolute Gasteiger partial charge is 0.343 e. The SMILES string of the molecule is CCCCOC(=O)c1c(Cl)ccc(Cl)c1OC. The van der Waals surface area contributed by atoms with Gasteiger partial charge < -0.3 is 9.47 Å². The highest BCUT2D eigenvalue weighted by Gasteiger charge is 2.20. The Kier molecular flexibility index (Phi) is 5.59. The van der Waals surface area contributed by atoms with Gasteiger partial charge in [0, 0.05) is 0 Å². The molecular weight excluding hydrogens is 263 g/mol. The molecule has 1 aromatic rings. The highest BCUT2D eigenvalue weighted by molar-refractivity contribution is 6.37. The number of hydrogen-bond acceptors (Lipinski definition) is 3. The van der Waals surface area contributed by atoms with Gasteiger partial charge in [-0.2, -0.15) is 0 Å². The van der Waals surface area contributed by atoms with Gasteiger partial charge in [-0.25, -0.2) is 4.79 Å². The van der Waals surface area contributed by atoms with E-state index in [0.717, 1.165) is 12.8 Å². The number of ether oxygens (including phenoxy) is 2. The minimum atomic E-state index is -0.511. The van der Waals surface area contributed by atoms with Crippen molar-refractivity contribution in [2.45, 2.75) is 19.8 Å². The Morgan fingerprint density at radius 1 is 1.29 bits per heavy atom. The van der Waals surface area contributed by atoms with Gasteiger partial charge >= 0.3 is 5.97 Å². The number of unbranched alkanes of at least 4 members (excludes halogenated alkanes) is 1. The predicted octanol–water partition coefficient (Wildman–Crippen LogP) is 3.96. The zero-order valence-electron chi connectivity index (χ0n) is 9.76. The topological polar surface area (TPSA) is 35.5 Å². The maximum Gasteiger partial charge on any atom is 0.343 e. The van der Waals surface area contributed by atoms with Crippen molar-refractivity contribution in [3.63, 3.8) is 0 Å². The zero-order valence-corrected chi connectivity index (χ0v) is 11.3. The Hall–Kier alpha value is -0.930. The number of esters is 1. The van der Waals surface area contributed by atoms with Gasteiger partial charge in [0.2, 0.25) is 0 Å². The fourth-order valence-electron chi connectivity index (χ4n) is 1.30. The Morgan fingerprint density at radius 2 is 1.94 bits per heavy atom. The predicted molar refractivity (Wildman–Crippen MR) is 68.2 cm³/mol. The molecule has 0 aliphatic rings. The van der Waals surface area contributed by atoms with E-state index in [4.69, 9.17) is 32.7 Å². The lowest BCUT2D eigenvalue weighted by Gasteiger charge is -2.11. The van der Waals surface area contributed by atoms with Crippen LogP contribution in [0.4, 0.5) is 0 Å². The summed E-state index contributed by atoms with van der Waals surface area (Å²) >= 11 is 11.9. The van der Waals surface area contributed by atoms with Gasteiger partial charge in [0.1, 0.15) is 5.56 Å². The quantitative estimate of drug-likeness (QED) is 0.603. The third-order valence-electron chi connectivity index (χ3n) is 2.20. The number of rotatable bonds is 5. The summed E-state index contributed by atoms with van der Waals surface area (Å²) in [5.74, 6) is -0.261. The normalized spacial score (nSPS) is 10.1. The second-order valence-corrected chi connectivity index (χ2v) is 4.24. The van der Waals surface area contributed by atoms with E-state index in [-0.39, 0.29) is 16.3 Å². The summed E-state index contributed by atoms with van der Waals surface area (Å²) in [5.41, 5.74) is 0.178. The molecule has 3 nitrogen and oxygen atoms in total. The Balaban J connectivity index is 2.95. The van der Waals surface area contributed by atoms with E-state index in [1.165, 1.54) is 7.11 Å². The summed E-state index contributed by atoms with van der Waals surface area (Å²) in [6.45, 7) is 2.38. The average molecular weight is 277 g/mol. The molecule has 94 valence electrons. The maximum absolute atomic E-state index is 11.8. The summed E-state index contributed by atoms with van der Waals surface area (Å²) in [7, 11) is 1.43. The number of carbonyl (C=O) groups is 1. The minimum absolute atomic E-state index is 0.178. The molecule has 0 N–H and O–H groups in total. The van der Waals surface area contributed by atoms with E-state index >= 15 is 0 Å². The molecule has 0 aromatic heterocycles. The van der Waals surface area contributed by atoms with Gasteiger partial charge in [-0.05, 0) is 18.6 Å². The average Bonchev–Trinajstić information content (AvgIpc) is 2.31. The van der Waals surface area contributed by atoms with E-state index in [1.807, 2.05) is 6.92 Å². The molecule has 1 rings (SSSR count). The molecule has 17 heavy (non-hydrogen) atoms. The second kappa shape index (κ2) is 6.72. The second-order valence-electron chi connectivity index (χ2n) is 3.43. The monoisotopic (exact) mass is 276 g/mol. The van der Waals surface area contributed by atoms with Crippen LogP contribution in [0.25, 0.3) is 0 Å². The van der Waals surface area contributed by atoms with Crippen LogP contribution in [0, 0.1) is 0 Å². The number of methoxy groups -OCH3 is 1. The van der Waals surface area contributed by atoms with Crippen molar-refractivity contribution in [3.8, 4) is 5.75 Å². The van der Waals surface area contributed by atoms with Crippen molar-refractivity contribution in [3.05, 3.63) is 27.7 Å². The first-order valence-corrected chi connectivity index (χ1v) is 6.06. The van der Waals surface area contributed by atoms with Crippen molar-refractivity contribution in [1.82, 2.24) is 0 Å². The first-order valence-electron chi connectivity index (χ1n) is 5.31. The van der Waals surface area contributed by atoms with Crippen LogP contribution < -0.4 is 4.74 Å². The van der Waals surface area contributed by atoms with Crippen LogP contribution in [-0.2, 0) is 4.74 Å². The molecule has 1 aromatic carbocycles. The van der Waals surface area contributed by atoms with Crippen LogP contribution >= 0.6 is 23.2 Å². The lowest BCUT2D eigenvalue weighted by molar-refractivity contribution is 0.0496. The third-order valence-corrected chi connectivity index (χ3v) is 2.81. The first kappa shape index (κ1) is 14.1. The molecule has 5 heteroatoms. The Labute approximate surface area is 111 Å². The standard InChI is InChI=1S/C12H14Cl2O3/c1-3-4-7-17-12(15)10-8(13)5-6-9(14)11(10)16-2/h5-6H,3-4,7H2,1-2H3. The van der Waals surface area contributed by atoms with Gasteiger partial charge in [0.05, 0.1) is 23.8 Å². The van der Waals surface area contributed by atoms with E-state index < -0.39 is 5.97 Å². The fraction of sp³-hybridized carbons (Fsp3) is 0.417. The maximum atomic E-state index is 11.8. The number of halogens is 2. The van der Waals surface area contributed by atoms with E-state index in [9.17, 15) is 4.79 Å². The molecule has 0 fully saturated rings. The number of carbonyl (C=O) groups excluding carboxylic acids is 1. The molecule has 0 aliphatic carbocycles. The van der Waals surface area contributed by atoms with Crippen LogP contribution in [0.5, 0.6) is 5.75 Å². The largest absolute Gasteiger partial charge is 0.494 e. The van der Waals surface area contributed by atoms with Crippen LogP contribution in [0.2, 0.25) is 10.0 Å². The molecule has 0 bridgehead atoms. The molecule has 0 spiro atoms. The van der Waals surface area contributed by atoms with Crippen LogP contribution in [0.1, 0.15) is 30.1 Å². The van der Waals surface area contributed by atoms with Gasteiger partial charge in [0.15, 0.2) is 5.75 Å². The van der Waals surface area contributed by atoms with Crippen LogP contribution in [0.3, 0.4) is 0 Å². The molecule has 0 atom stereocenters. The van der Waals surface area contributed by atoms with Crippen molar-refractivity contribution in [2.24, 2.45) is 0 Å². The number of hydrogen-bond donors (Lipinski definition) is 0. The summed E-state index contributed by atoms with van der Waals surface area (Å²) in [4.78, 5) is 11.8. The lowest BCUT2D eigenvalue weighted by Crippen LogP contribution is -2.09. The van der Waals surface area contributed by atoms with Crippen molar-refractivity contribution in [1.29, 1.82) is 0 Å². The van der Waals surface area contributed by atoms with Gasteiger partial charge in [-0.1, -0.05) is 36.5 Å². The minimum Gasteiger partial charge on any atom is -0.494 e. The van der Waals surface area contributed by atoms with Crippen molar-refractivity contribution >= 4 is 29.2 Å².